The first-order valence-corrected chi connectivity index (χ1v) is 14.9. The summed E-state index contributed by atoms with van der Waals surface area (Å²) < 4.78 is 13.9. The zero-order valence-corrected chi connectivity index (χ0v) is 24.9. The molecule has 0 N–H and O–H groups in total. The Bertz CT molecular complexity index is 1480. The number of unbranched alkanes of at least 4 members (excludes halogenated alkanes) is 1. The number of carbonyl (C=O) groups is 1. The minimum absolute atomic E-state index is 0.156. The fourth-order valence-corrected chi connectivity index (χ4v) is 5.72. The number of ether oxygens (including phenoxy) is 2. The van der Waals surface area contributed by atoms with E-state index < -0.39 is 6.04 Å². The second-order valence-electron chi connectivity index (χ2n) is 10.5. The van der Waals surface area contributed by atoms with Gasteiger partial charge in [-0.05, 0) is 42.2 Å². The molecular weight excluding hydrogens is 534 g/mol. The highest BCUT2D eigenvalue weighted by molar-refractivity contribution is 6.30. The molecule has 3 aromatic carbocycles. The van der Waals surface area contributed by atoms with Crippen LogP contribution in [0.1, 0.15) is 61.5 Å². The van der Waals surface area contributed by atoms with E-state index in [-0.39, 0.29) is 5.78 Å². The first kappa shape index (κ1) is 28.9. The Morgan fingerprint density at radius 3 is 2.44 bits per heavy atom. The normalized spacial score (nSPS) is 13.4. The van der Waals surface area contributed by atoms with E-state index in [1.807, 2.05) is 67.6 Å². The van der Waals surface area contributed by atoms with Crippen molar-refractivity contribution in [2.24, 2.45) is 0 Å². The summed E-state index contributed by atoms with van der Waals surface area (Å²) in [7, 11) is 0. The molecule has 7 heteroatoms. The molecule has 2 heterocycles. The number of benzene rings is 3. The Balaban J connectivity index is 1.60. The van der Waals surface area contributed by atoms with E-state index in [2.05, 4.69) is 35.4 Å². The molecule has 0 amide bonds. The van der Waals surface area contributed by atoms with Crippen molar-refractivity contribution in [3.8, 4) is 22.9 Å². The Kier molecular flexibility index (Phi) is 9.42. The molecular formula is C34H38ClN3O3. The number of aryl methyl sites for hydroxylation is 1. The van der Waals surface area contributed by atoms with Crippen molar-refractivity contribution in [3.05, 3.63) is 100 Å². The SMILES string of the molecule is CCCCn1c(-c2ccccc2C)nc(Cl)c1CN(Cc1ccc2c(c1)OCCO2)C(C(=O)CC)c1ccccc1. The average molecular weight is 572 g/mol. The fraction of sp³-hybridized carbons (Fsp3) is 0.353. The quantitative estimate of drug-likeness (QED) is 0.174. The topological polar surface area (TPSA) is 56.6 Å². The molecule has 6 nitrogen and oxygen atoms in total. The van der Waals surface area contributed by atoms with Gasteiger partial charge in [-0.25, -0.2) is 4.98 Å². The van der Waals surface area contributed by atoms with E-state index in [1.165, 1.54) is 0 Å². The smallest absolute Gasteiger partial charge is 0.161 e. The van der Waals surface area contributed by atoms with Crippen LogP contribution in [0.25, 0.3) is 11.4 Å². The van der Waals surface area contributed by atoms with Gasteiger partial charge in [-0.1, -0.05) is 92.5 Å². The van der Waals surface area contributed by atoms with Crippen LogP contribution >= 0.6 is 11.6 Å². The van der Waals surface area contributed by atoms with Gasteiger partial charge in [-0.3, -0.25) is 9.69 Å². The van der Waals surface area contributed by atoms with Gasteiger partial charge in [0.1, 0.15) is 19.0 Å². The Hall–Kier alpha value is -3.61. The lowest BCUT2D eigenvalue weighted by Gasteiger charge is -2.32. The third kappa shape index (κ3) is 6.50. The summed E-state index contributed by atoms with van der Waals surface area (Å²) in [5.74, 6) is 2.51. The second-order valence-corrected chi connectivity index (χ2v) is 10.9. The van der Waals surface area contributed by atoms with E-state index in [0.29, 0.717) is 37.9 Å². The lowest BCUT2D eigenvalue weighted by Crippen LogP contribution is -2.34. The molecule has 0 aliphatic carbocycles. The standard InChI is InChI=1S/C34H38ClN3O3/c1-4-6-18-38-28(33(35)36-34(38)27-15-11-10-12-24(27)3)23-37(32(29(39)5-2)26-13-8-7-9-14-26)22-25-16-17-30-31(21-25)41-20-19-40-30/h7-17,21,32H,4-6,18-20,22-23H2,1-3H3. The van der Waals surface area contributed by atoms with Gasteiger partial charge >= 0.3 is 0 Å². The maximum atomic E-state index is 13.6. The predicted octanol–water partition coefficient (Wildman–Crippen LogP) is 7.81. The van der Waals surface area contributed by atoms with Gasteiger partial charge in [0.2, 0.25) is 0 Å². The summed E-state index contributed by atoms with van der Waals surface area (Å²) in [5.41, 5.74) is 5.13. The van der Waals surface area contributed by atoms with Crippen LogP contribution in [-0.4, -0.2) is 33.4 Å². The number of hydrogen-bond donors (Lipinski definition) is 0. The van der Waals surface area contributed by atoms with Gasteiger partial charge in [-0.2, -0.15) is 0 Å². The summed E-state index contributed by atoms with van der Waals surface area (Å²) in [6.45, 7) is 9.06. The number of nitrogens with zero attached hydrogens (tertiary/aromatic N) is 3. The molecule has 1 aliphatic heterocycles. The Morgan fingerprint density at radius 2 is 1.71 bits per heavy atom. The number of ketones is 1. The van der Waals surface area contributed by atoms with Gasteiger partial charge < -0.3 is 14.0 Å². The summed E-state index contributed by atoms with van der Waals surface area (Å²) in [6.07, 6.45) is 2.47. The van der Waals surface area contributed by atoms with E-state index in [0.717, 1.165) is 64.7 Å². The van der Waals surface area contributed by atoms with Gasteiger partial charge in [0.25, 0.3) is 0 Å². The van der Waals surface area contributed by atoms with Crippen molar-refractivity contribution in [1.29, 1.82) is 0 Å². The molecule has 1 unspecified atom stereocenters. The lowest BCUT2D eigenvalue weighted by atomic mass is 9.98. The minimum Gasteiger partial charge on any atom is -0.486 e. The summed E-state index contributed by atoms with van der Waals surface area (Å²) in [5, 5.41) is 0.474. The molecule has 214 valence electrons. The van der Waals surface area contributed by atoms with Crippen molar-refractivity contribution >= 4 is 17.4 Å². The van der Waals surface area contributed by atoms with Crippen LogP contribution in [0.4, 0.5) is 0 Å². The third-order valence-corrected chi connectivity index (χ3v) is 7.93. The first-order valence-electron chi connectivity index (χ1n) is 14.5. The number of Topliss-reactive ketones (excluding diaryl/α,β-unsaturated/α-hetero) is 1. The van der Waals surface area contributed by atoms with Crippen molar-refractivity contribution in [1.82, 2.24) is 14.5 Å². The zero-order chi connectivity index (χ0) is 28.8. The highest BCUT2D eigenvalue weighted by Gasteiger charge is 2.30. The maximum Gasteiger partial charge on any atom is 0.161 e. The molecule has 1 aromatic heterocycles. The Morgan fingerprint density at radius 1 is 0.976 bits per heavy atom. The molecule has 0 bridgehead atoms. The van der Waals surface area contributed by atoms with Crippen molar-refractivity contribution < 1.29 is 14.3 Å². The molecule has 5 rings (SSSR count). The molecule has 4 aromatic rings. The van der Waals surface area contributed by atoms with Gasteiger partial charge in [0.05, 0.1) is 11.7 Å². The van der Waals surface area contributed by atoms with E-state index >= 15 is 0 Å². The monoisotopic (exact) mass is 571 g/mol. The number of imidazole rings is 1. The second kappa shape index (κ2) is 13.4. The minimum atomic E-state index is -0.443. The van der Waals surface area contributed by atoms with Crippen LogP contribution in [0.3, 0.4) is 0 Å². The van der Waals surface area contributed by atoms with Crippen LogP contribution < -0.4 is 9.47 Å². The van der Waals surface area contributed by atoms with Crippen LogP contribution in [0.5, 0.6) is 11.5 Å². The maximum absolute atomic E-state index is 13.6. The molecule has 0 radical (unpaired) electrons. The average Bonchev–Trinajstić information content (AvgIpc) is 3.30. The number of rotatable bonds is 12. The van der Waals surface area contributed by atoms with Crippen LogP contribution in [0.15, 0.2) is 72.8 Å². The van der Waals surface area contributed by atoms with E-state index in [4.69, 9.17) is 26.1 Å². The Labute approximate surface area is 247 Å². The van der Waals surface area contributed by atoms with Crippen molar-refractivity contribution in [3.63, 3.8) is 0 Å². The molecule has 41 heavy (non-hydrogen) atoms. The largest absolute Gasteiger partial charge is 0.486 e. The van der Waals surface area contributed by atoms with Gasteiger partial charge in [0, 0.05) is 31.6 Å². The highest BCUT2D eigenvalue weighted by atomic mass is 35.5. The molecule has 0 fully saturated rings. The highest BCUT2D eigenvalue weighted by Crippen LogP contribution is 2.35. The molecule has 1 atom stereocenters. The van der Waals surface area contributed by atoms with E-state index in [9.17, 15) is 4.79 Å². The fourth-order valence-electron chi connectivity index (χ4n) is 5.47. The van der Waals surface area contributed by atoms with Crippen LogP contribution in [0.2, 0.25) is 5.15 Å². The van der Waals surface area contributed by atoms with Crippen LogP contribution in [-0.2, 0) is 24.4 Å². The van der Waals surface area contributed by atoms with E-state index in [1.54, 1.807) is 0 Å². The van der Waals surface area contributed by atoms with Crippen LogP contribution in [0, 0.1) is 6.92 Å². The lowest BCUT2D eigenvalue weighted by molar-refractivity contribution is -0.124. The summed E-state index contributed by atoms with van der Waals surface area (Å²) in [4.78, 5) is 20.7. The number of carbonyl (C=O) groups excluding carboxylic acids is 1. The van der Waals surface area contributed by atoms with Gasteiger partial charge in [0.15, 0.2) is 22.4 Å². The number of fused-ring (bicyclic) bond motifs is 1. The van der Waals surface area contributed by atoms with Crippen molar-refractivity contribution in [2.75, 3.05) is 13.2 Å². The first-order chi connectivity index (χ1) is 20.0. The van der Waals surface area contributed by atoms with Gasteiger partial charge in [-0.15, -0.1) is 0 Å². The summed E-state index contributed by atoms with van der Waals surface area (Å²) in [6, 6.07) is 23.9. The number of aromatic nitrogens is 2. The summed E-state index contributed by atoms with van der Waals surface area (Å²) >= 11 is 6.96. The van der Waals surface area contributed by atoms with Crippen molar-refractivity contribution in [2.45, 2.75) is 65.7 Å². The molecule has 0 spiro atoms. The third-order valence-electron chi connectivity index (χ3n) is 7.62. The molecule has 0 saturated heterocycles. The number of hydrogen-bond acceptors (Lipinski definition) is 5. The number of halogens is 1. The zero-order valence-electron chi connectivity index (χ0n) is 24.1. The predicted molar refractivity (Wildman–Crippen MR) is 163 cm³/mol. The molecule has 1 aliphatic rings. The molecule has 0 saturated carbocycles.